The summed E-state index contributed by atoms with van der Waals surface area (Å²) in [7, 11) is 1.57. The topological polar surface area (TPSA) is 71.0 Å². The number of amides is 3. The highest BCUT2D eigenvalue weighted by atomic mass is 32.2. The van der Waals surface area contributed by atoms with Gasteiger partial charge in [-0.05, 0) is 48.6 Å². The summed E-state index contributed by atoms with van der Waals surface area (Å²) >= 11 is 1.64. The zero-order valence-corrected chi connectivity index (χ0v) is 15.5. The summed E-state index contributed by atoms with van der Waals surface area (Å²) in [6.45, 7) is 1.66. The number of urea groups is 1. The molecule has 0 aromatic heterocycles. The van der Waals surface area contributed by atoms with Crippen LogP contribution in [0.15, 0.2) is 58.5 Å². The first kappa shape index (κ1) is 18.0. The Kier molecular flexibility index (Phi) is 4.99. The van der Waals surface area contributed by atoms with Crippen molar-refractivity contribution >= 4 is 29.9 Å². The van der Waals surface area contributed by atoms with Gasteiger partial charge >= 0.3 is 6.03 Å². The molecule has 2 aromatic carbocycles. The quantitative estimate of drug-likeness (QED) is 0.499. The van der Waals surface area contributed by atoms with Crippen LogP contribution < -0.4 is 10.1 Å². The normalized spacial score (nSPS) is 19.9. The Bertz CT molecular complexity index is 849. The van der Waals surface area contributed by atoms with Gasteiger partial charge in [0.1, 0.15) is 11.3 Å². The molecule has 3 rings (SSSR count). The van der Waals surface area contributed by atoms with Crippen LogP contribution in [-0.4, -0.2) is 36.5 Å². The van der Waals surface area contributed by atoms with Gasteiger partial charge in [-0.2, -0.15) is 5.10 Å². The van der Waals surface area contributed by atoms with E-state index in [1.165, 1.54) is 6.21 Å². The third-order valence-electron chi connectivity index (χ3n) is 4.27. The number of carbonyl (C=O) groups is 2. The maximum Gasteiger partial charge on any atom is 0.346 e. The number of ether oxygens (including phenoxy) is 1. The first-order valence-electron chi connectivity index (χ1n) is 7.97. The molecule has 3 amide bonds. The van der Waals surface area contributed by atoms with E-state index in [4.69, 9.17) is 4.74 Å². The Morgan fingerprint density at radius 2 is 1.77 bits per heavy atom. The Balaban J connectivity index is 1.82. The second kappa shape index (κ2) is 7.21. The molecule has 0 saturated carbocycles. The fourth-order valence-corrected chi connectivity index (χ4v) is 3.07. The third kappa shape index (κ3) is 3.30. The summed E-state index contributed by atoms with van der Waals surface area (Å²) in [6, 6.07) is 14.1. The Morgan fingerprint density at radius 1 is 1.12 bits per heavy atom. The number of benzene rings is 2. The van der Waals surface area contributed by atoms with Crippen LogP contribution in [0.2, 0.25) is 0 Å². The van der Waals surface area contributed by atoms with E-state index in [0.717, 1.165) is 15.5 Å². The van der Waals surface area contributed by atoms with Gasteiger partial charge < -0.3 is 10.1 Å². The van der Waals surface area contributed by atoms with Crippen LogP contribution in [-0.2, 0) is 10.3 Å². The van der Waals surface area contributed by atoms with Crippen molar-refractivity contribution in [2.75, 3.05) is 13.4 Å². The van der Waals surface area contributed by atoms with Gasteiger partial charge in [0.15, 0.2) is 0 Å². The highest BCUT2D eigenvalue weighted by Gasteiger charge is 2.49. The molecule has 6 nitrogen and oxygen atoms in total. The largest absolute Gasteiger partial charge is 0.497 e. The van der Waals surface area contributed by atoms with Gasteiger partial charge in [0.2, 0.25) is 0 Å². The number of rotatable bonds is 5. The van der Waals surface area contributed by atoms with Crippen molar-refractivity contribution in [3.63, 3.8) is 0 Å². The molecule has 0 bridgehead atoms. The lowest BCUT2D eigenvalue weighted by atomic mass is 9.92. The van der Waals surface area contributed by atoms with Crippen LogP contribution in [0.1, 0.15) is 18.1 Å². The van der Waals surface area contributed by atoms with E-state index >= 15 is 0 Å². The second-order valence-electron chi connectivity index (χ2n) is 5.92. The molecule has 1 aliphatic heterocycles. The smallest absolute Gasteiger partial charge is 0.346 e. The summed E-state index contributed by atoms with van der Waals surface area (Å²) in [6.07, 6.45) is 3.50. The maximum absolute atomic E-state index is 12.8. The minimum Gasteiger partial charge on any atom is -0.497 e. The van der Waals surface area contributed by atoms with Crippen molar-refractivity contribution in [3.05, 3.63) is 59.7 Å². The standard InChI is InChI=1S/C19H19N3O3S/c1-19(14-6-8-15(25-2)9-7-14)17(23)22(18(24)21-19)20-12-13-4-10-16(26-3)11-5-13/h4-12H,1-3H3,(H,21,24)/b20-12-/t19-/m0/s1. The summed E-state index contributed by atoms with van der Waals surface area (Å²) in [5.74, 6) is 0.252. The molecule has 0 unspecified atom stereocenters. The second-order valence-corrected chi connectivity index (χ2v) is 6.80. The van der Waals surface area contributed by atoms with Crippen LogP contribution in [0.4, 0.5) is 4.79 Å². The Morgan fingerprint density at radius 3 is 2.35 bits per heavy atom. The van der Waals surface area contributed by atoms with Crippen LogP contribution in [0.3, 0.4) is 0 Å². The number of hydrazone groups is 1. The van der Waals surface area contributed by atoms with Gasteiger partial charge in [-0.25, -0.2) is 4.79 Å². The molecular weight excluding hydrogens is 350 g/mol. The molecule has 134 valence electrons. The lowest BCUT2D eigenvalue weighted by molar-refractivity contribution is -0.131. The van der Waals surface area contributed by atoms with Crippen molar-refractivity contribution < 1.29 is 14.3 Å². The first-order valence-corrected chi connectivity index (χ1v) is 9.19. The summed E-state index contributed by atoms with van der Waals surface area (Å²) in [5, 5.41) is 7.67. The number of methoxy groups -OCH3 is 1. The van der Waals surface area contributed by atoms with Crippen LogP contribution in [0, 0.1) is 0 Å². The number of nitrogens with one attached hydrogen (secondary N) is 1. The number of hydrogen-bond donors (Lipinski definition) is 1. The molecule has 26 heavy (non-hydrogen) atoms. The highest BCUT2D eigenvalue weighted by molar-refractivity contribution is 7.98. The van der Waals surface area contributed by atoms with Gasteiger partial charge in [0, 0.05) is 4.90 Å². The summed E-state index contributed by atoms with van der Waals surface area (Å²) in [5.41, 5.74) is 0.309. The number of hydrogen-bond acceptors (Lipinski definition) is 5. The Labute approximate surface area is 156 Å². The number of imide groups is 1. The van der Waals surface area contributed by atoms with Crippen LogP contribution in [0.5, 0.6) is 5.75 Å². The van der Waals surface area contributed by atoms with Crippen molar-refractivity contribution in [1.82, 2.24) is 10.3 Å². The Hall–Kier alpha value is -2.80. The highest BCUT2D eigenvalue weighted by Crippen LogP contribution is 2.30. The first-order chi connectivity index (χ1) is 12.5. The molecular formula is C19H19N3O3S. The molecule has 0 spiro atoms. The third-order valence-corrected chi connectivity index (χ3v) is 5.02. The molecule has 1 heterocycles. The molecule has 1 N–H and O–H groups in total. The fraction of sp³-hybridized carbons (Fsp3) is 0.211. The molecule has 1 saturated heterocycles. The van der Waals surface area contributed by atoms with E-state index in [0.29, 0.717) is 11.3 Å². The molecule has 0 radical (unpaired) electrons. The van der Waals surface area contributed by atoms with E-state index in [9.17, 15) is 9.59 Å². The molecule has 7 heteroatoms. The zero-order valence-electron chi connectivity index (χ0n) is 14.7. The van der Waals surface area contributed by atoms with Crippen molar-refractivity contribution in [2.24, 2.45) is 5.10 Å². The lowest BCUT2D eigenvalue weighted by Gasteiger charge is -2.21. The average molecular weight is 369 g/mol. The minimum atomic E-state index is -1.16. The van der Waals surface area contributed by atoms with E-state index in [-0.39, 0.29) is 0 Å². The number of carbonyl (C=O) groups excluding carboxylic acids is 2. The van der Waals surface area contributed by atoms with Crippen LogP contribution >= 0.6 is 11.8 Å². The van der Waals surface area contributed by atoms with E-state index in [1.54, 1.807) is 50.1 Å². The summed E-state index contributed by atoms with van der Waals surface area (Å²) in [4.78, 5) is 26.2. The van der Waals surface area contributed by atoms with Crippen molar-refractivity contribution in [1.29, 1.82) is 0 Å². The van der Waals surface area contributed by atoms with E-state index in [1.807, 2.05) is 30.5 Å². The monoisotopic (exact) mass is 369 g/mol. The molecule has 0 aliphatic carbocycles. The molecule has 1 aliphatic rings. The fourth-order valence-electron chi connectivity index (χ4n) is 2.66. The maximum atomic E-state index is 12.8. The van der Waals surface area contributed by atoms with Crippen LogP contribution in [0.25, 0.3) is 0 Å². The lowest BCUT2D eigenvalue weighted by Crippen LogP contribution is -2.40. The zero-order chi connectivity index (χ0) is 18.7. The summed E-state index contributed by atoms with van der Waals surface area (Å²) < 4.78 is 5.13. The van der Waals surface area contributed by atoms with Gasteiger partial charge in [0.25, 0.3) is 5.91 Å². The molecule has 1 fully saturated rings. The van der Waals surface area contributed by atoms with Gasteiger partial charge in [-0.15, -0.1) is 16.8 Å². The average Bonchev–Trinajstić information content (AvgIpc) is 2.90. The van der Waals surface area contributed by atoms with E-state index in [2.05, 4.69) is 10.4 Å². The van der Waals surface area contributed by atoms with Gasteiger partial charge in [-0.3, -0.25) is 4.79 Å². The predicted molar refractivity (Wildman–Crippen MR) is 102 cm³/mol. The minimum absolute atomic E-state index is 0.426. The number of thioether (sulfide) groups is 1. The molecule has 2 aromatic rings. The predicted octanol–water partition coefficient (Wildman–Crippen LogP) is 3.22. The van der Waals surface area contributed by atoms with Crippen molar-refractivity contribution in [2.45, 2.75) is 17.4 Å². The SMILES string of the molecule is COc1ccc([C@]2(C)NC(=O)N(/N=C\c3ccc(SC)cc3)C2=O)cc1. The van der Waals surface area contributed by atoms with Gasteiger partial charge in [0.05, 0.1) is 13.3 Å². The number of nitrogens with zero attached hydrogens (tertiary/aromatic N) is 2. The van der Waals surface area contributed by atoms with E-state index < -0.39 is 17.5 Å². The van der Waals surface area contributed by atoms with Crippen molar-refractivity contribution in [3.8, 4) is 5.75 Å². The molecule has 1 atom stereocenters. The van der Waals surface area contributed by atoms with Gasteiger partial charge in [-0.1, -0.05) is 24.3 Å².